The Morgan fingerprint density at radius 2 is 2.50 bits per heavy atom. The predicted molar refractivity (Wildman–Crippen MR) is 69.3 cm³/mol. The molecule has 5 heteroatoms. The molecule has 1 aromatic rings. The van der Waals surface area contributed by atoms with Gasteiger partial charge in [0, 0.05) is 18.9 Å². The minimum Gasteiger partial charge on any atom is -0.465 e. The van der Waals surface area contributed by atoms with Crippen LogP contribution in [0, 0.1) is 0 Å². The molecule has 1 aliphatic heterocycles. The SMILES string of the molecule is CCOC(=O)C1CCCN1Cc1ccncc1Cl. The van der Waals surface area contributed by atoms with Crippen LogP contribution in [-0.2, 0) is 16.1 Å². The third-order valence-corrected chi connectivity index (χ3v) is 3.49. The third-order valence-electron chi connectivity index (χ3n) is 3.15. The predicted octanol–water partition coefficient (Wildman–Crippen LogP) is 2.26. The standard InChI is InChI=1S/C13H17ClN2O2/c1-2-18-13(17)12-4-3-7-16(12)9-10-5-6-15-8-11(10)14/h5-6,8,12H,2-4,7,9H2,1H3. The van der Waals surface area contributed by atoms with E-state index >= 15 is 0 Å². The van der Waals surface area contributed by atoms with Crippen molar-refractivity contribution in [1.82, 2.24) is 9.88 Å². The molecule has 98 valence electrons. The molecule has 1 fully saturated rings. The number of carbonyl (C=O) groups is 1. The zero-order valence-corrected chi connectivity index (χ0v) is 11.2. The fraction of sp³-hybridized carbons (Fsp3) is 0.538. The van der Waals surface area contributed by atoms with E-state index in [4.69, 9.17) is 16.3 Å². The quantitative estimate of drug-likeness (QED) is 0.786. The van der Waals surface area contributed by atoms with Crippen LogP contribution in [0.4, 0.5) is 0 Å². The minimum absolute atomic E-state index is 0.125. The van der Waals surface area contributed by atoms with E-state index in [-0.39, 0.29) is 12.0 Å². The van der Waals surface area contributed by atoms with Gasteiger partial charge in [0.05, 0.1) is 11.6 Å². The molecule has 1 unspecified atom stereocenters. The highest BCUT2D eigenvalue weighted by molar-refractivity contribution is 6.31. The molecule has 0 amide bonds. The van der Waals surface area contributed by atoms with Crippen LogP contribution >= 0.6 is 11.6 Å². The minimum atomic E-state index is -0.130. The molecule has 0 radical (unpaired) electrons. The van der Waals surface area contributed by atoms with E-state index < -0.39 is 0 Å². The molecule has 0 aromatic carbocycles. The lowest BCUT2D eigenvalue weighted by Crippen LogP contribution is -2.36. The molecule has 0 N–H and O–H groups in total. The second-order valence-corrected chi connectivity index (χ2v) is 4.75. The summed E-state index contributed by atoms with van der Waals surface area (Å²) >= 11 is 6.09. The molecule has 0 aliphatic carbocycles. The number of ether oxygens (including phenoxy) is 1. The molecule has 0 spiro atoms. The maximum atomic E-state index is 11.8. The van der Waals surface area contributed by atoms with E-state index in [2.05, 4.69) is 9.88 Å². The van der Waals surface area contributed by atoms with Crippen LogP contribution in [0.1, 0.15) is 25.3 Å². The number of rotatable bonds is 4. The number of carbonyl (C=O) groups excluding carboxylic acids is 1. The number of hydrogen-bond acceptors (Lipinski definition) is 4. The summed E-state index contributed by atoms with van der Waals surface area (Å²) in [5, 5.41) is 0.645. The molecule has 2 rings (SSSR count). The van der Waals surface area contributed by atoms with E-state index in [0.717, 1.165) is 24.9 Å². The van der Waals surface area contributed by atoms with Crippen molar-refractivity contribution in [3.05, 3.63) is 29.0 Å². The van der Waals surface area contributed by atoms with Gasteiger partial charge in [-0.1, -0.05) is 11.6 Å². The third kappa shape index (κ3) is 3.00. The molecule has 1 saturated heterocycles. The van der Waals surface area contributed by atoms with Gasteiger partial charge in [0.2, 0.25) is 0 Å². The zero-order chi connectivity index (χ0) is 13.0. The lowest BCUT2D eigenvalue weighted by molar-refractivity contribution is -0.148. The van der Waals surface area contributed by atoms with Crippen molar-refractivity contribution in [3.8, 4) is 0 Å². The number of hydrogen-bond donors (Lipinski definition) is 0. The van der Waals surface area contributed by atoms with Crippen LogP contribution in [-0.4, -0.2) is 35.0 Å². The van der Waals surface area contributed by atoms with Crippen molar-refractivity contribution in [2.75, 3.05) is 13.2 Å². The Hall–Kier alpha value is -1.13. The number of likely N-dealkylation sites (tertiary alicyclic amines) is 1. The Kier molecular flexibility index (Phi) is 4.55. The smallest absolute Gasteiger partial charge is 0.323 e. The second kappa shape index (κ2) is 6.16. The zero-order valence-electron chi connectivity index (χ0n) is 10.4. The van der Waals surface area contributed by atoms with Gasteiger partial charge in [-0.15, -0.1) is 0 Å². The van der Waals surface area contributed by atoms with Crippen LogP contribution in [0.5, 0.6) is 0 Å². The number of nitrogens with zero attached hydrogens (tertiary/aromatic N) is 2. The van der Waals surface area contributed by atoms with Crippen LogP contribution in [0.25, 0.3) is 0 Å². The molecular formula is C13H17ClN2O2. The number of aromatic nitrogens is 1. The normalized spacial score (nSPS) is 20.0. The van der Waals surface area contributed by atoms with Gasteiger partial charge in [-0.25, -0.2) is 0 Å². The topological polar surface area (TPSA) is 42.4 Å². The van der Waals surface area contributed by atoms with Crippen LogP contribution in [0.15, 0.2) is 18.5 Å². The average Bonchev–Trinajstić information content (AvgIpc) is 2.81. The van der Waals surface area contributed by atoms with Crippen LogP contribution in [0.3, 0.4) is 0 Å². The molecule has 4 nitrogen and oxygen atoms in total. The molecule has 1 aliphatic rings. The summed E-state index contributed by atoms with van der Waals surface area (Å²) < 4.78 is 5.10. The summed E-state index contributed by atoms with van der Waals surface area (Å²) in [5.41, 5.74) is 1.00. The van der Waals surface area contributed by atoms with Crippen molar-refractivity contribution in [2.24, 2.45) is 0 Å². The van der Waals surface area contributed by atoms with Crippen molar-refractivity contribution in [3.63, 3.8) is 0 Å². The number of esters is 1. The van der Waals surface area contributed by atoms with E-state index in [0.29, 0.717) is 18.2 Å². The van der Waals surface area contributed by atoms with Gasteiger partial charge in [0.25, 0.3) is 0 Å². The van der Waals surface area contributed by atoms with E-state index in [1.165, 1.54) is 0 Å². The number of pyridine rings is 1. The second-order valence-electron chi connectivity index (χ2n) is 4.35. The lowest BCUT2D eigenvalue weighted by atomic mass is 10.2. The van der Waals surface area contributed by atoms with Gasteiger partial charge in [0.1, 0.15) is 6.04 Å². The average molecular weight is 269 g/mol. The van der Waals surface area contributed by atoms with Gasteiger partial charge < -0.3 is 4.74 Å². The van der Waals surface area contributed by atoms with E-state index in [1.807, 2.05) is 13.0 Å². The van der Waals surface area contributed by atoms with Crippen molar-refractivity contribution >= 4 is 17.6 Å². The Labute approximate surface area is 112 Å². The summed E-state index contributed by atoms with van der Waals surface area (Å²) in [6, 6.07) is 1.76. The Morgan fingerprint density at radius 3 is 3.22 bits per heavy atom. The first kappa shape index (κ1) is 13.3. The first-order chi connectivity index (χ1) is 8.72. The highest BCUT2D eigenvalue weighted by Crippen LogP contribution is 2.23. The van der Waals surface area contributed by atoms with E-state index in [1.54, 1.807) is 12.4 Å². The van der Waals surface area contributed by atoms with Crippen molar-refractivity contribution < 1.29 is 9.53 Å². The maximum absolute atomic E-state index is 11.8. The Morgan fingerprint density at radius 1 is 1.67 bits per heavy atom. The van der Waals surface area contributed by atoms with Crippen LogP contribution in [0.2, 0.25) is 5.02 Å². The lowest BCUT2D eigenvalue weighted by Gasteiger charge is -2.23. The summed E-state index contributed by atoms with van der Waals surface area (Å²) in [5.74, 6) is -0.125. The fourth-order valence-corrected chi connectivity index (χ4v) is 2.45. The van der Waals surface area contributed by atoms with Gasteiger partial charge in [-0.05, 0) is 37.9 Å². The summed E-state index contributed by atoms with van der Waals surface area (Å²) in [4.78, 5) is 17.9. The summed E-state index contributed by atoms with van der Waals surface area (Å²) in [7, 11) is 0. The molecule has 1 atom stereocenters. The van der Waals surface area contributed by atoms with Gasteiger partial charge >= 0.3 is 5.97 Å². The van der Waals surface area contributed by atoms with Gasteiger partial charge in [-0.2, -0.15) is 0 Å². The monoisotopic (exact) mass is 268 g/mol. The van der Waals surface area contributed by atoms with Crippen LogP contribution < -0.4 is 0 Å². The van der Waals surface area contributed by atoms with Gasteiger partial charge in [-0.3, -0.25) is 14.7 Å². The summed E-state index contributed by atoms with van der Waals surface area (Å²) in [6.45, 7) is 3.84. The Bertz CT molecular complexity index is 425. The first-order valence-corrected chi connectivity index (χ1v) is 6.59. The largest absolute Gasteiger partial charge is 0.465 e. The molecule has 0 bridgehead atoms. The molecular weight excluding hydrogens is 252 g/mol. The molecule has 2 heterocycles. The number of halogens is 1. The Balaban J connectivity index is 2.04. The molecule has 0 saturated carbocycles. The summed E-state index contributed by atoms with van der Waals surface area (Å²) in [6.07, 6.45) is 5.23. The highest BCUT2D eigenvalue weighted by Gasteiger charge is 2.31. The molecule has 18 heavy (non-hydrogen) atoms. The van der Waals surface area contributed by atoms with Gasteiger partial charge in [0.15, 0.2) is 0 Å². The first-order valence-electron chi connectivity index (χ1n) is 6.21. The van der Waals surface area contributed by atoms with E-state index in [9.17, 15) is 4.79 Å². The van der Waals surface area contributed by atoms with Crippen molar-refractivity contribution in [1.29, 1.82) is 0 Å². The fourth-order valence-electron chi connectivity index (χ4n) is 2.27. The maximum Gasteiger partial charge on any atom is 0.323 e. The molecule has 1 aromatic heterocycles. The highest BCUT2D eigenvalue weighted by atomic mass is 35.5. The van der Waals surface area contributed by atoms with Crippen molar-refractivity contribution in [2.45, 2.75) is 32.4 Å².